The molecule has 1 unspecified atom stereocenters. The fourth-order valence-corrected chi connectivity index (χ4v) is 2.49. The lowest BCUT2D eigenvalue weighted by atomic mass is 9.95. The van der Waals surface area contributed by atoms with Gasteiger partial charge in [-0.25, -0.2) is 14.5 Å². The molecule has 0 saturated heterocycles. The van der Waals surface area contributed by atoms with Crippen molar-refractivity contribution in [1.29, 1.82) is 0 Å². The summed E-state index contributed by atoms with van der Waals surface area (Å²) in [6.45, 7) is 4.76. The molecule has 1 aromatic rings. The largest absolute Gasteiger partial charge is 0.463 e. The van der Waals surface area contributed by atoms with Crippen LogP contribution in [0.25, 0.3) is 0 Å². The number of esters is 1. The lowest BCUT2D eigenvalue weighted by Gasteiger charge is -2.33. The number of carbonyl (C=O) groups excluding carboxylic acids is 3. The van der Waals surface area contributed by atoms with Gasteiger partial charge in [-0.3, -0.25) is 4.79 Å². The maximum Gasteiger partial charge on any atom is 0.338 e. The van der Waals surface area contributed by atoms with Crippen molar-refractivity contribution in [2.75, 3.05) is 6.61 Å². The van der Waals surface area contributed by atoms with Crippen LogP contribution >= 0.6 is 0 Å². The second-order valence-corrected chi connectivity index (χ2v) is 4.87. The number of rotatable bonds is 3. The highest BCUT2D eigenvalue weighted by molar-refractivity contribution is 6.01. The quantitative estimate of drug-likeness (QED) is 0.868. The Balaban J connectivity index is 2.55. The van der Waals surface area contributed by atoms with E-state index in [1.807, 2.05) is 18.2 Å². The van der Waals surface area contributed by atoms with Crippen LogP contribution in [0.15, 0.2) is 41.6 Å². The van der Waals surface area contributed by atoms with Crippen LogP contribution in [-0.2, 0) is 14.3 Å². The number of hydrogen-bond acceptors (Lipinski definition) is 4. The number of carbonyl (C=O) groups is 3. The Labute approximate surface area is 128 Å². The molecule has 6 nitrogen and oxygen atoms in total. The van der Waals surface area contributed by atoms with Crippen molar-refractivity contribution in [3.63, 3.8) is 0 Å². The van der Waals surface area contributed by atoms with Gasteiger partial charge in [-0.2, -0.15) is 0 Å². The first-order chi connectivity index (χ1) is 10.5. The van der Waals surface area contributed by atoms with E-state index in [-0.39, 0.29) is 12.2 Å². The third-order valence-corrected chi connectivity index (χ3v) is 3.43. The smallest absolute Gasteiger partial charge is 0.338 e. The van der Waals surface area contributed by atoms with E-state index < -0.39 is 23.9 Å². The van der Waals surface area contributed by atoms with Crippen molar-refractivity contribution >= 4 is 17.9 Å². The number of nitrogens with zero attached hydrogens (tertiary/aromatic N) is 1. The van der Waals surface area contributed by atoms with Crippen molar-refractivity contribution < 1.29 is 19.1 Å². The number of imide groups is 1. The van der Waals surface area contributed by atoms with Crippen LogP contribution in [0.3, 0.4) is 0 Å². The van der Waals surface area contributed by atoms with Gasteiger partial charge in [0.25, 0.3) is 0 Å². The molecule has 0 aliphatic carbocycles. The molecular weight excluding hydrogens is 284 g/mol. The van der Waals surface area contributed by atoms with Crippen LogP contribution in [0.1, 0.15) is 32.4 Å². The number of amides is 3. The van der Waals surface area contributed by atoms with Crippen molar-refractivity contribution in [2.45, 2.75) is 26.8 Å². The Morgan fingerprint density at radius 3 is 2.45 bits per heavy atom. The minimum Gasteiger partial charge on any atom is -0.463 e. The van der Waals surface area contributed by atoms with E-state index >= 15 is 0 Å². The molecule has 0 aromatic heterocycles. The first kappa shape index (κ1) is 15.8. The molecule has 1 heterocycles. The minimum atomic E-state index is -0.636. The summed E-state index contributed by atoms with van der Waals surface area (Å²) in [5.74, 6) is -0.997. The molecule has 1 atom stereocenters. The Bertz CT molecular complexity index is 637. The topological polar surface area (TPSA) is 75.7 Å². The van der Waals surface area contributed by atoms with Crippen LogP contribution in [-0.4, -0.2) is 29.4 Å². The third-order valence-electron chi connectivity index (χ3n) is 3.43. The summed E-state index contributed by atoms with van der Waals surface area (Å²) in [7, 11) is 0. The summed E-state index contributed by atoms with van der Waals surface area (Å²) in [6, 6.07) is 7.90. The van der Waals surface area contributed by atoms with Gasteiger partial charge in [0.1, 0.15) is 0 Å². The van der Waals surface area contributed by atoms with Gasteiger partial charge in [0, 0.05) is 12.6 Å². The van der Waals surface area contributed by atoms with Crippen LogP contribution in [0, 0.1) is 0 Å². The maximum absolute atomic E-state index is 12.3. The van der Waals surface area contributed by atoms with Crippen LogP contribution in [0.5, 0.6) is 0 Å². The molecule has 2 rings (SSSR count). The summed E-state index contributed by atoms with van der Waals surface area (Å²) >= 11 is 0. The Morgan fingerprint density at radius 2 is 1.91 bits per heavy atom. The predicted molar refractivity (Wildman–Crippen MR) is 79.6 cm³/mol. The van der Waals surface area contributed by atoms with E-state index in [0.717, 1.165) is 10.5 Å². The van der Waals surface area contributed by atoms with Gasteiger partial charge in [-0.05, 0) is 19.4 Å². The zero-order valence-corrected chi connectivity index (χ0v) is 12.8. The van der Waals surface area contributed by atoms with E-state index in [2.05, 4.69) is 5.32 Å². The zero-order chi connectivity index (χ0) is 16.3. The van der Waals surface area contributed by atoms with E-state index in [4.69, 9.17) is 4.74 Å². The highest BCUT2D eigenvalue weighted by atomic mass is 16.5. The Hall–Kier alpha value is -2.63. The van der Waals surface area contributed by atoms with Crippen LogP contribution in [0.4, 0.5) is 4.79 Å². The Morgan fingerprint density at radius 1 is 1.27 bits per heavy atom. The SMILES string of the molecule is CCOC(=O)C1=C(C)N(C(C)=O)C(=O)NC1c1ccccc1. The highest BCUT2D eigenvalue weighted by Crippen LogP contribution is 2.31. The fourth-order valence-electron chi connectivity index (χ4n) is 2.49. The van der Waals surface area contributed by atoms with Crippen molar-refractivity contribution in [3.8, 4) is 0 Å². The lowest BCUT2D eigenvalue weighted by Crippen LogP contribution is -2.49. The fraction of sp³-hybridized carbons (Fsp3) is 0.312. The summed E-state index contributed by atoms with van der Waals surface area (Å²) in [4.78, 5) is 37.1. The number of hydrogen-bond donors (Lipinski definition) is 1. The van der Waals surface area contributed by atoms with Gasteiger partial charge in [0.05, 0.1) is 18.2 Å². The van der Waals surface area contributed by atoms with E-state index in [1.165, 1.54) is 6.92 Å². The zero-order valence-electron chi connectivity index (χ0n) is 12.8. The molecular formula is C16H18N2O4. The number of urea groups is 1. The second-order valence-electron chi connectivity index (χ2n) is 4.87. The van der Waals surface area contributed by atoms with Gasteiger partial charge in [-0.1, -0.05) is 30.3 Å². The van der Waals surface area contributed by atoms with Crippen molar-refractivity contribution in [3.05, 3.63) is 47.2 Å². The Kier molecular flexibility index (Phi) is 4.60. The van der Waals surface area contributed by atoms with Gasteiger partial charge >= 0.3 is 12.0 Å². The molecule has 1 N–H and O–H groups in total. The van der Waals surface area contributed by atoms with E-state index in [1.54, 1.807) is 26.0 Å². The molecule has 116 valence electrons. The molecule has 0 radical (unpaired) electrons. The number of benzene rings is 1. The third kappa shape index (κ3) is 2.86. The molecule has 22 heavy (non-hydrogen) atoms. The molecule has 0 fully saturated rings. The monoisotopic (exact) mass is 302 g/mol. The summed E-state index contributed by atoms with van der Waals surface area (Å²) in [6.07, 6.45) is 0. The number of nitrogens with one attached hydrogen (secondary N) is 1. The van der Waals surface area contributed by atoms with E-state index in [9.17, 15) is 14.4 Å². The molecule has 1 aliphatic rings. The molecule has 3 amide bonds. The van der Waals surface area contributed by atoms with Gasteiger partial charge in [0.2, 0.25) is 5.91 Å². The summed E-state index contributed by atoms with van der Waals surface area (Å²) in [5.41, 5.74) is 1.31. The van der Waals surface area contributed by atoms with Gasteiger partial charge in [-0.15, -0.1) is 0 Å². The molecule has 6 heteroatoms. The summed E-state index contributed by atoms with van der Waals surface area (Å²) in [5, 5.41) is 2.69. The molecule has 1 aliphatic heterocycles. The number of ether oxygens (including phenoxy) is 1. The average molecular weight is 302 g/mol. The van der Waals surface area contributed by atoms with E-state index in [0.29, 0.717) is 5.70 Å². The molecule has 1 aromatic carbocycles. The van der Waals surface area contributed by atoms with Gasteiger partial charge < -0.3 is 10.1 Å². The second kappa shape index (κ2) is 6.43. The molecule has 0 saturated carbocycles. The standard InChI is InChI=1S/C16H18N2O4/c1-4-22-15(20)13-10(2)18(11(3)19)16(21)17-14(13)12-8-6-5-7-9-12/h5-9,14H,4H2,1-3H3,(H,17,21). The predicted octanol–water partition coefficient (Wildman–Crippen LogP) is 2.14. The van der Waals surface area contributed by atoms with Crippen LogP contribution in [0.2, 0.25) is 0 Å². The lowest BCUT2D eigenvalue weighted by molar-refractivity contribution is -0.139. The maximum atomic E-state index is 12.3. The highest BCUT2D eigenvalue weighted by Gasteiger charge is 2.37. The minimum absolute atomic E-state index is 0.213. The normalized spacial score (nSPS) is 18.0. The molecule has 0 spiro atoms. The molecule has 0 bridgehead atoms. The summed E-state index contributed by atoms with van der Waals surface area (Å²) < 4.78 is 5.08. The first-order valence-electron chi connectivity index (χ1n) is 7.01. The van der Waals surface area contributed by atoms with Crippen LogP contribution < -0.4 is 5.32 Å². The average Bonchev–Trinajstić information content (AvgIpc) is 2.47. The first-order valence-corrected chi connectivity index (χ1v) is 7.01. The number of allylic oxidation sites excluding steroid dienone is 1. The van der Waals surface area contributed by atoms with Gasteiger partial charge in [0.15, 0.2) is 0 Å². The van der Waals surface area contributed by atoms with Crippen molar-refractivity contribution in [2.24, 2.45) is 0 Å². The van der Waals surface area contributed by atoms with Crippen molar-refractivity contribution in [1.82, 2.24) is 10.2 Å².